The van der Waals surface area contributed by atoms with Crippen LogP contribution in [0.15, 0.2) is 22.7 Å². The monoisotopic (exact) mass is 264 g/mol. The standard InChI is InChI=1S/C6H3AsBrFO/c8-5-3-4(7-10)1-2-6(5)9/h1-3H. The molecule has 4 heteroatoms. The van der Waals surface area contributed by atoms with Gasteiger partial charge in [-0.3, -0.25) is 0 Å². The third kappa shape index (κ3) is 1.74. The van der Waals surface area contributed by atoms with Gasteiger partial charge >= 0.3 is 72.6 Å². The second-order valence-corrected chi connectivity index (χ2v) is 4.01. The zero-order valence-corrected chi connectivity index (χ0v) is 8.31. The van der Waals surface area contributed by atoms with Crippen molar-refractivity contribution in [1.29, 1.82) is 0 Å². The van der Waals surface area contributed by atoms with Crippen molar-refractivity contribution in [3.63, 3.8) is 0 Å². The Bertz CT molecular complexity index is 264. The van der Waals surface area contributed by atoms with Crippen LogP contribution in [0.25, 0.3) is 0 Å². The Balaban J connectivity index is 3.16. The minimum absolute atomic E-state index is 0.321. The number of halogens is 2. The van der Waals surface area contributed by atoms with Gasteiger partial charge in [0, 0.05) is 0 Å². The second kappa shape index (κ2) is 3.40. The van der Waals surface area contributed by atoms with Crippen molar-refractivity contribution in [3.8, 4) is 0 Å². The molecule has 0 N–H and O–H groups in total. The van der Waals surface area contributed by atoms with Gasteiger partial charge in [-0.15, -0.1) is 0 Å². The molecule has 0 saturated heterocycles. The first-order valence-corrected chi connectivity index (χ1v) is 5.02. The Morgan fingerprint density at radius 2 is 2.20 bits per heavy atom. The zero-order chi connectivity index (χ0) is 7.56. The van der Waals surface area contributed by atoms with E-state index in [1.807, 2.05) is 0 Å². The summed E-state index contributed by atoms with van der Waals surface area (Å²) in [5.41, 5.74) is 0. The first kappa shape index (κ1) is 8.09. The third-order valence-electron chi connectivity index (χ3n) is 1.01. The van der Waals surface area contributed by atoms with Crippen molar-refractivity contribution >= 4 is 36.0 Å². The molecule has 0 bridgehead atoms. The van der Waals surface area contributed by atoms with Gasteiger partial charge < -0.3 is 0 Å². The summed E-state index contributed by atoms with van der Waals surface area (Å²) in [6.07, 6.45) is 0. The molecule has 0 amide bonds. The predicted octanol–water partition coefficient (Wildman–Crippen LogP) is 1.26. The van der Waals surface area contributed by atoms with Crippen LogP contribution in [0.1, 0.15) is 0 Å². The first-order valence-electron chi connectivity index (χ1n) is 2.52. The summed E-state index contributed by atoms with van der Waals surface area (Å²) in [5, 5.41) is 0. The fraction of sp³-hybridized carbons (Fsp3) is 0. The van der Waals surface area contributed by atoms with Gasteiger partial charge in [0.15, 0.2) is 0 Å². The summed E-state index contributed by atoms with van der Waals surface area (Å²) < 4.78 is 23.9. The molecular weight excluding hydrogens is 262 g/mol. The average Bonchev–Trinajstić information content (AvgIpc) is 1.95. The van der Waals surface area contributed by atoms with Crippen molar-refractivity contribution in [2.24, 2.45) is 0 Å². The van der Waals surface area contributed by atoms with Crippen molar-refractivity contribution in [1.82, 2.24) is 0 Å². The molecule has 0 aliphatic heterocycles. The average molecular weight is 265 g/mol. The van der Waals surface area contributed by atoms with Gasteiger partial charge in [-0.2, -0.15) is 0 Å². The maximum absolute atomic E-state index is 12.5. The topological polar surface area (TPSA) is 17.1 Å². The Kier molecular flexibility index (Phi) is 2.75. The van der Waals surface area contributed by atoms with Gasteiger partial charge in [0.2, 0.25) is 0 Å². The molecule has 0 radical (unpaired) electrons. The van der Waals surface area contributed by atoms with Gasteiger partial charge in [0.1, 0.15) is 0 Å². The maximum atomic E-state index is 12.5. The van der Waals surface area contributed by atoms with Crippen LogP contribution in [-0.4, -0.2) is 15.7 Å². The Hall–Kier alpha value is -0.0116. The molecule has 1 rings (SSSR count). The van der Waals surface area contributed by atoms with Crippen LogP contribution in [0.3, 0.4) is 0 Å². The summed E-state index contributed by atoms with van der Waals surface area (Å²) in [7, 11) is 0. The molecule has 1 aromatic rings. The van der Waals surface area contributed by atoms with Crippen LogP contribution in [0.5, 0.6) is 0 Å². The molecule has 52 valence electrons. The van der Waals surface area contributed by atoms with Crippen LogP contribution in [0.2, 0.25) is 0 Å². The van der Waals surface area contributed by atoms with E-state index in [0.717, 1.165) is 0 Å². The summed E-state index contributed by atoms with van der Waals surface area (Å²) >= 11 is 1.95. The fourth-order valence-electron chi connectivity index (χ4n) is 0.542. The second-order valence-electron chi connectivity index (χ2n) is 1.69. The number of hydrogen-bond acceptors (Lipinski definition) is 1. The molecule has 10 heavy (non-hydrogen) atoms. The molecule has 0 aromatic heterocycles. The number of hydrogen-bond donors (Lipinski definition) is 0. The molecule has 0 fully saturated rings. The van der Waals surface area contributed by atoms with Crippen molar-refractivity contribution in [3.05, 3.63) is 28.5 Å². The molecule has 0 aliphatic carbocycles. The van der Waals surface area contributed by atoms with Crippen molar-refractivity contribution in [2.45, 2.75) is 0 Å². The van der Waals surface area contributed by atoms with Gasteiger partial charge in [-0.1, -0.05) is 0 Å². The Morgan fingerprint density at radius 1 is 1.50 bits per heavy atom. The summed E-state index contributed by atoms with van der Waals surface area (Å²) in [5.74, 6) is -0.321. The van der Waals surface area contributed by atoms with Crippen LogP contribution in [0.4, 0.5) is 4.39 Å². The molecule has 1 aromatic carbocycles. The van der Waals surface area contributed by atoms with E-state index in [9.17, 15) is 8.13 Å². The van der Waals surface area contributed by atoms with Crippen LogP contribution in [-0.2, 0) is 3.74 Å². The number of benzene rings is 1. The molecular formula is C6H3AsBrFO. The van der Waals surface area contributed by atoms with Gasteiger partial charge in [0.05, 0.1) is 0 Å². The SMILES string of the molecule is O=[As]c1ccc(F)c(Br)c1. The number of rotatable bonds is 1. The van der Waals surface area contributed by atoms with E-state index >= 15 is 0 Å². The first-order chi connectivity index (χ1) is 4.74. The molecule has 0 heterocycles. The van der Waals surface area contributed by atoms with Crippen LogP contribution < -0.4 is 4.35 Å². The normalized spacial score (nSPS) is 10.2. The zero-order valence-electron chi connectivity index (χ0n) is 4.84. The quantitative estimate of drug-likeness (QED) is 0.698. The summed E-state index contributed by atoms with van der Waals surface area (Å²) in [6.45, 7) is 0. The molecule has 0 unspecified atom stereocenters. The van der Waals surface area contributed by atoms with E-state index in [2.05, 4.69) is 15.9 Å². The van der Waals surface area contributed by atoms with Gasteiger partial charge in [-0.05, 0) is 0 Å². The van der Waals surface area contributed by atoms with E-state index in [0.29, 0.717) is 8.82 Å². The van der Waals surface area contributed by atoms with Crippen molar-refractivity contribution in [2.75, 3.05) is 0 Å². The summed E-state index contributed by atoms with van der Waals surface area (Å²) in [6, 6.07) is 4.35. The van der Waals surface area contributed by atoms with Crippen molar-refractivity contribution < 1.29 is 8.13 Å². The third-order valence-corrected chi connectivity index (χ3v) is 2.64. The molecule has 0 aliphatic rings. The molecule has 0 saturated carbocycles. The van der Waals surface area contributed by atoms with Crippen LogP contribution in [0, 0.1) is 5.82 Å². The Morgan fingerprint density at radius 3 is 2.70 bits per heavy atom. The van der Waals surface area contributed by atoms with E-state index in [1.54, 1.807) is 0 Å². The Labute approximate surface area is 72.7 Å². The van der Waals surface area contributed by atoms with E-state index < -0.39 is 15.7 Å². The van der Waals surface area contributed by atoms with E-state index in [4.69, 9.17) is 0 Å². The van der Waals surface area contributed by atoms with Gasteiger partial charge in [0.25, 0.3) is 0 Å². The predicted molar refractivity (Wildman–Crippen MR) is 40.2 cm³/mol. The van der Waals surface area contributed by atoms with Crippen LogP contribution >= 0.6 is 15.9 Å². The minimum atomic E-state index is -1.04. The molecule has 1 nitrogen and oxygen atoms in total. The molecule has 0 atom stereocenters. The van der Waals surface area contributed by atoms with Gasteiger partial charge in [-0.25, -0.2) is 0 Å². The summed E-state index contributed by atoms with van der Waals surface area (Å²) in [4.78, 5) is 0. The van der Waals surface area contributed by atoms with E-state index in [-0.39, 0.29) is 5.82 Å². The fourth-order valence-corrected chi connectivity index (χ4v) is 1.97. The van der Waals surface area contributed by atoms with E-state index in [1.165, 1.54) is 18.2 Å². The molecule has 0 spiro atoms.